The quantitative estimate of drug-likeness (QED) is 0.759. The van der Waals surface area contributed by atoms with Gasteiger partial charge in [0.15, 0.2) is 5.78 Å². The SMILES string of the molecule is CC1(CO)CCCC1NC(=O)CCCC(=O)c1ccc(F)cc1. The number of ketones is 1. The fourth-order valence-corrected chi connectivity index (χ4v) is 3.12. The Morgan fingerprint density at radius 1 is 1.30 bits per heavy atom. The molecule has 0 radical (unpaired) electrons. The first-order chi connectivity index (χ1) is 10.9. The lowest BCUT2D eigenvalue weighted by atomic mass is 9.85. The molecule has 1 aliphatic rings. The van der Waals surface area contributed by atoms with Crippen molar-refractivity contribution in [1.29, 1.82) is 0 Å². The molecule has 23 heavy (non-hydrogen) atoms. The van der Waals surface area contributed by atoms with Gasteiger partial charge in [0.25, 0.3) is 0 Å². The van der Waals surface area contributed by atoms with Crippen molar-refractivity contribution in [3.8, 4) is 0 Å². The number of hydrogen-bond donors (Lipinski definition) is 2. The molecule has 2 N–H and O–H groups in total. The summed E-state index contributed by atoms with van der Waals surface area (Å²) in [5, 5.41) is 12.5. The zero-order valence-electron chi connectivity index (χ0n) is 13.5. The number of benzene rings is 1. The van der Waals surface area contributed by atoms with E-state index in [1.54, 1.807) is 0 Å². The van der Waals surface area contributed by atoms with Gasteiger partial charge in [-0.05, 0) is 43.5 Å². The van der Waals surface area contributed by atoms with Crippen LogP contribution in [0.2, 0.25) is 0 Å². The average molecular weight is 321 g/mol. The first kappa shape index (κ1) is 17.6. The summed E-state index contributed by atoms with van der Waals surface area (Å²) in [5.41, 5.74) is 0.231. The lowest BCUT2D eigenvalue weighted by molar-refractivity contribution is -0.122. The third-order valence-electron chi connectivity index (χ3n) is 4.75. The van der Waals surface area contributed by atoms with E-state index in [-0.39, 0.29) is 48.4 Å². The van der Waals surface area contributed by atoms with Crippen molar-refractivity contribution in [3.63, 3.8) is 0 Å². The van der Waals surface area contributed by atoms with Crippen molar-refractivity contribution in [2.75, 3.05) is 6.61 Å². The Kier molecular flexibility index (Phi) is 5.88. The van der Waals surface area contributed by atoms with Gasteiger partial charge in [0.2, 0.25) is 5.91 Å². The van der Waals surface area contributed by atoms with Crippen LogP contribution in [0.25, 0.3) is 0 Å². The van der Waals surface area contributed by atoms with Gasteiger partial charge in [-0.2, -0.15) is 0 Å². The van der Waals surface area contributed by atoms with E-state index in [9.17, 15) is 19.1 Å². The van der Waals surface area contributed by atoms with Crippen molar-refractivity contribution in [1.82, 2.24) is 5.32 Å². The summed E-state index contributed by atoms with van der Waals surface area (Å²) in [6, 6.07) is 5.45. The normalized spacial score (nSPS) is 23.7. The number of carbonyl (C=O) groups excluding carboxylic acids is 2. The van der Waals surface area contributed by atoms with Gasteiger partial charge in [-0.25, -0.2) is 4.39 Å². The Hall–Kier alpha value is -1.75. The van der Waals surface area contributed by atoms with Crippen LogP contribution < -0.4 is 5.32 Å². The van der Waals surface area contributed by atoms with Gasteiger partial charge in [-0.1, -0.05) is 13.3 Å². The molecule has 1 aliphatic carbocycles. The van der Waals surface area contributed by atoms with Crippen LogP contribution in [0.1, 0.15) is 55.8 Å². The van der Waals surface area contributed by atoms with Gasteiger partial charge in [0.05, 0.1) is 6.61 Å². The second-order valence-electron chi connectivity index (χ2n) is 6.61. The van der Waals surface area contributed by atoms with Crippen molar-refractivity contribution in [2.45, 2.75) is 51.5 Å². The summed E-state index contributed by atoms with van der Waals surface area (Å²) >= 11 is 0. The molecule has 4 nitrogen and oxygen atoms in total. The van der Waals surface area contributed by atoms with Gasteiger partial charge in [0, 0.05) is 29.9 Å². The van der Waals surface area contributed by atoms with Crippen molar-refractivity contribution < 1.29 is 19.1 Å². The number of aliphatic hydroxyl groups excluding tert-OH is 1. The largest absolute Gasteiger partial charge is 0.396 e. The van der Waals surface area contributed by atoms with Gasteiger partial charge in [-0.3, -0.25) is 9.59 Å². The molecular weight excluding hydrogens is 297 g/mol. The van der Waals surface area contributed by atoms with E-state index in [2.05, 4.69) is 5.32 Å². The first-order valence-electron chi connectivity index (χ1n) is 8.13. The molecule has 1 amide bonds. The number of Topliss-reactive ketones (excluding diaryl/α,β-unsaturated/α-hetero) is 1. The minimum Gasteiger partial charge on any atom is -0.396 e. The van der Waals surface area contributed by atoms with Gasteiger partial charge < -0.3 is 10.4 Å². The topological polar surface area (TPSA) is 66.4 Å². The Labute approximate surface area is 136 Å². The molecule has 2 atom stereocenters. The first-order valence-corrected chi connectivity index (χ1v) is 8.13. The fourth-order valence-electron chi connectivity index (χ4n) is 3.12. The van der Waals surface area contributed by atoms with E-state index in [1.165, 1.54) is 24.3 Å². The minimum absolute atomic E-state index is 0.00722. The molecule has 2 rings (SSSR count). The Morgan fingerprint density at radius 2 is 2.00 bits per heavy atom. The van der Waals surface area contributed by atoms with Gasteiger partial charge >= 0.3 is 0 Å². The average Bonchev–Trinajstić information content (AvgIpc) is 2.89. The summed E-state index contributed by atoms with van der Waals surface area (Å²) in [6.45, 7) is 2.06. The Bertz CT molecular complexity index is 558. The Balaban J connectivity index is 1.74. The summed E-state index contributed by atoms with van der Waals surface area (Å²) < 4.78 is 12.8. The molecule has 2 unspecified atom stereocenters. The van der Waals surface area contributed by atoms with Crippen LogP contribution in [0.4, 0.5) is 4.39 Å². The second kappa shape index (κ2) is 7.68. The highest BCUT2D eigenvalue weighted by molar-refractivity contribution is 5.96. The Morgan fingerprint density at radius 3 is 2.65 bits per heavy atom. The molecule has 1 aromatic carbocycles. The highest BCUT2D eigenvalue weighted by atomic mass is 19.1. The van der Waals surface area contributed by atoms with Crippen molar-refractivity contribution in [2.24, 2.45) is 5.41 Å². The monoisotopic (exact) mass is 321 g/mol. The summed E-state index contributed by atoms with van der Waals surface area (Å²) in [6.07, 6.45) is 3.82. The molecule has 1 aromatic rings. The maximum atomic E-state index is 12.8. The third-order valence-corrected chi connectivity index (χ3v) is 4.75. The van der Waals surface area contributed by atoms with Gasteiger partial charge in [0.1, 0.15) is 5.82 Å². The number of aliphatic hydroxyl groups is 1. The summed E-state index contributed by atoms with van der Waals surface area (Å²) in [7, 11) is 0. The predicted molar refractivity (Wildman–Crippen MR) is 85.6 cm³/mol. The van der Waals surface area contributed by atoms with Crippen molar-refractivity contribution in [3.05, 3.63) is 35.6 Å². The zero-order chi connectivity index (χ0) is 16.9. The van der Waals surface area contributed by atoms with Gasteiger partial charge in [-0.15, -0.1) is 0 Å². The minimum atomic E-state index is -0.371. The molecule has 126 valence electrons. The highest BCUT2D eigenvalue weighted by Crippen LogP contribution is 2.37. The molecule has 1 saturated carbocycles. The number of rotatable bonds is 7. The molecule has 0 aliphatic heterocycles. The zero-order valence-corrected chi connectivity index (χ0v) is 13.5. The molecule has 0 bridgehead atoms. The molecule has 0 saturated heterocycles. The van der Waals surface area contributed by atoms with E-state index in [4.69, 9.17) is 0 Å². The highest BCUT2D eigenvalue weighted by Gasteiger charge is 2.38. The number of amides is 1. The summed E-state index contributed by atoms with van der Waals surface area (Å²) in [5.74, 6) is -0.535. The van der Waals surface area contributed by atoms with E-state index < -0.39 is 0 Å². The van der Waals surface area contributed by atoms with Crippen molar-refractivity contribution >= 4 is 11.7 Å². The van der Waals surface area contributed by atoms with E-state index in [0.29, 0.717) is 12.0 Å². The molecule has 0 aromatic heterocycles. The van der Waals surface area contributed by atoms with E-state index in [0.717, 1.165) is 19.3 Å². The number of carbonyl (C=O) groups is 2. The van der Waals surface area contributed by atoms with Crippen LogP contribution in [-0.2, 0) is 4.79 Å². The third kappa shape index (κ3) is 4.61. The van der Waals surface area contributed by atoms with Crippen LogP contribution in [0.5, 0.6) is 0 Å². The predicted octanol–water partition coefficient (Wildman–Crippen LogP) is 2.85. The molecular formula is C18H24FNO3. The maximum Gasteiger partial charge on any atom is 0.220 e. The van der Waals surface area contributed by atoms with Crippen LogP contribution in [0.15, 0.2) is 24.3 Å². The maximum absolute atomic E-state index is 12.8. The standard InChI is InChI=1S/C18H24FNO3/c1-18(12-21)11-3-5-16(18)20-17(23)6-2-4-15(22)13-7-9-14(19)10-8-13/h7-10,16,21H,2-6,11-12H2,1H3,(H,20,23). The molecule has 0 spiro atoms. The van der Waals surface area contributed by atoms with Crippen LogP contribution in [-0.4, -0.2) is 29.4 Å². The van der Waals surface area contributed by atoms with Crippen LogP contribution in [0, 0.1) is 11.2 Å². The van der Waals surface area contributed by atoms with Crippen LogP contribution in [0.3, 0.4) is 0 Å². The van der Waals surface area contributed by atoms with E-state index in [1.807, 2.05) is 6.92 Å². The number of hydrogen-bond acceptors (Lipinski definition) is 3. The lowest BCUT2D eigenvalue weighted by Gasteiger charge is -2.30. The summed E-state index contributed by atoms with van der Waals surface area (Å²) in [4.78, 5) is 24.0. The number of halogens is 1. The smallest absolute Gasteiger partial charge is 0.220 e. The van der Waals surface area contributed by atoms with E-state index >= 15 is 0 Å². The van der Waals surface area contributed by atoms with Crippen LogP contribution >= 0.6 is 0 Å². The lowest BCUT2D eigenvalue weighted by Crippen LogP contribution is -2.44. The molecule has 5 heteroatoms. The number of nitrogens with one attached hydrogen (secondary N) is 1. The molecule has 0 heterocycles. The molecule has 1 fully saturated rings. The second-order valence-corrected chi connectivity index (χ2v) is 6.61. The fraction of sp³-hybridized carbons (Fsp3) is 0.556.